The molecule has 1 fully saturated rings. The molecule has 94 valence electrons. The smallest absolute Gasteiger partial charge is 0.146 e. The summed E-state index contributed by atoms with van der Waals surface area (Å²) in [6.07, 6.45) is 2.33. The Bertz CT molecular complexity index is 394. The van der Waals surface area contributed by atoms with E-state index in [2.05, 4.69) is 18.7 Å². The minimum Gasteiger partial charge on any atom is -0.392 e. The summed E-state index contributed by atoms with van der Waals surface area (Å²) in [5.41, 5.74) is 1.30. The molecule has 2 rings (SSSR count). The highest BCUT2D eigenvalue weighted by Gasteiger charge is 2.24. The van der Waals surface area contributed by atoms with Gasteiger partial charge in [0, 0.05) is 12.6 Å². The van der Waals surface area contributed by atoms with Crippen LogP contribution >= 0.6 is 0 Å². The minimum absolute atomic E-state index is 0.108. The number of hydrogen-bond donors (Lipinski definition) is 1. The van der Waals surface area contributed by atoms with E-state index in [4.69, 9.17) is 5.11 Å². The first-order valence-electron chi connectivity index (χ1n) is 6.27. The van der Waals surface area contributed by atoms with E-state index in [9.17, 15) is 4.39 Å². The van der Waals surface area contributed by atoms with Crippen LogP contribution in [0, 0.1) is 11.7 Å². The number of nitrogens with zero attached hydrogens (tertiary/aromatic N) is 1. The maximum Gasteiger partial charge on any atom is 0.146 e. The Morgan fingerprint density at radius 2 is 2.12 bits per heavy atom. The number of benzene rings is 1. The van der Waals surface area contributed by atoms with Gasteiger partial charge in [-0.1, -0.05) is 13.0 Å². The van der Waals surface area contributed by atoms with Crippen LogP contribution in [0.1, 0.15) is 32.3 Å². The zero-order valence-electron chi connectivity index (χ0n) is 10.5. The summed E-state index contributed by atoms with van der Waals surface area (Å²) in [5.74, 6) is 0.389. The Morgan fingerprint density at radius 3 is 2.76 bits per heavy atom. The van der Waals surface area contributed by atoms with E-state index >= 15 is 0 Å². The zero-order chi connectivity index (χ0) is 12.4. The molecule has 1 aromatic rings. The van der Waals surface area contributed by atoms with Crippen LogP contribution < -0.4 is 4.90 Å². The van der Waals surface area contributed by atoms with Gasteiger partial charge in [0.15, 0.2) is 0 Å². The molecule has 3 heteroatoms. The predicted molar refractivity (Wildman–Crippen MR) is 67.5 cm³/mol. The van der Waals surface area contributed by atoms with Crippen molar-refractivity contribution >= 4 is 5.69 Å². The molecule has 0 aliphatic carbocycles. The first-order valence-corrected chi connectivity index (χ1v) is 6.27. The van der Waals surface area contributed by atoms with E-state index in [1.807, 2.05) is 0 Å². The maximum absolute atomic E-state index is 14.0. The third-order valence-corrected chi connectivity index (χ3v) is 3.62. The first kappa shape index (κ1) is 12.4. The summed E-state index contributed by atoms with van der Waals surface area (Å²) in [7, 11) is 0. The molecule has 2 atom stereocenters. The van der Waals surface area contributed by atoms with Crippen molar-refractivity contribution in [2.24, 2.45) is 5.92 Å². The average Bonchev–Trinajstić information content (AvgIpc) is 2.32. The fourth-order valence-corrected chi connectivity index (χ4v) is 2.51. The Balaban J connectivity index is 2.26. The van der Waals surface area contributed by atoms with Gasteiger partial charge in [-0.25, -0.2) is 4.39 Å². The fraction of sp³-hybridized carbons (Fsp3) is 0.571. The molecule has 1 aliphatic rings. The third kappa shape index (κ3) is 2.60. The topological polar surface area (TPSA) is 23.5 Å². The number of aliphatic hydroxyl groups is 1. The molecule has 1 N–H and O–H groups in total. The summed E-state index contributed by atoms with van der Waals surface area (Å²) in [4.78, 5) is 2.14. The molecule has 0 aromatic heterocycles. The normalized spacial score (nSPS) is 25.1. The highest BCUT2D eigenvalue weighted by molar-refractivity contribution is 5.50. The Labute approximate surface area is 102 Å². The minimum atomic E-state index is -0.225. The third-order valence-electron chi connectivity index (χ3n) is 3.62. The predicted octanol–water partition coefficient (Wildman–Crippen LogP) is 2.94. The molecule has 2 unspecified atom stereocenters. The quantitative estimate of drug-likeness (QED) is 0.855. The van der Waals surface area contributed by atoms with Gasteiger partial charge in [0.2, 0.25) is 0 Å². The number of halogens is 1. The van der Waals surface area contributed by atoms with Crippen LogP contribution in [-0.2, 0) is 6.61 Å². The summed E-state index contributed by atoms with van der Waals surface area (Å²) >= 11 is 0. The van der Waals surface area contributed by atoms with Crippen LogP contribution in [0.5, 0.6) is 0 Å². The van der Waals surface area contributed by atoms with Crippen molar-refractivity contribution in [1.29, 1.82) is 0 Å². The second-order valence-electron chi connectivity index (χ2n) is 5.13. The Kier molecular flexibility index (Phi) is 3.67. The van der Waals surface area contributed by atoms with Crippen LogP contribution in [0.4, 0.5) is 10.1 Å². The lowest BCUT2D eigenvalue weighted by Crippen LogP contribution is -2.41. The van der Waals surface area contributed by atoms with E-state index in [-0.39, 0.29) is 12.4 Å². The largest absolute Gasteiger partial charge is 0.392 e. The van der Waals surface area contributed by atoms with E-state index in [0.29, 0.717) is 23.2 Å². The highest BCUT2D eigenvalue weighted by Crippen LogP contribution is 2.29. The molecule has 1 aliphatic heterocycles. The van der Waals surface area contributed by atoms with E-state index < -0.39 is 0 Å². The summed E-state index contributed by atoms with van der Waals surface area (Å²) < 4.78 is 14.0. The van der Waals surface area contributed by atoms with Crippen molar-refractivity contribution in [3.05, 3.63) is 29.6 Å². The number of anilines is 1. The Morgan fingerprint density at radius 1 is 1.35 bits per heavy atom. The van der Waals surface area contributed by atoms with Crippen molar-refractivity contribution in [1.82, 2.24) is 0 Å². The average molecular weight is 237 g/mol. The van der Waals surface area contributed by atoms with E-state index in [0.717, 1.165) is 13.0 Å². The van der Waals surface area contributed by atoms with Crippen molar-refractivity contribution in [2.45, 2.75) is 39.3 Å². The standard InChI is InChI=1S/C14H20FNO/c1-10-3-4-11(2)16(8-10)14-6-5-12(9-17)7-13(14)15/h5-7,10-11,17H,3-4,8-9H2,1-2H3. The number of hydrogen-bond acceptors (Lipinski definition) is 2. The van der Waals surface area contributed by atoms with Gasteiger partial charge < -0.3 is 10.0 Å². The highest BCUT2D eigenvalue weighted by atomic mass is 19.1. The lowest BCUT2D eigenvalue weighted by molar-refractivity contribution is 0.281. The van der Waals surface area contributed by atoms with Gasteiger partial charge in [-0.05, 0) is 43.4 Å². The molecular weight excluding hydrogens is 217 g/mol. The van der Waals surface area contributed by atoms with Crippen molar-refractivity contribution in [2.75, 3.05) is 11.4 Å². The lowest BCUT2D eigenvalue weighted by atomic mass is 9.94. The summed E-state index contributed by atoms with van der Waals surface area (Å²) in [6, 6.07) is 5.40. The van der Waals surface area contributed by atoms with Crippen LogP contribution in [-0.4, -0.2) is 17.7 Å². The lowest BCUT2D eigenvalue weighted by Gasteiger charge is -2.38. The molecule has 0 spiro atoms. The number of rotatable bonds is 2. The molecule has 2 nitrogen and oxygen atoms in total. The number of piperidine rings is 1. The molecule has 0 radical (unpaired) electrons. The van der Waals surface area contributed by atoms with E-state index in [1.54, 1.807) is 12.1 Å². The van der Waals surface area contributed by atoms with Crippen LogP contribution in [0.15, 0.2) is 18.2 Å². The van der Waals surface area contributed by atoms with Crippen LogP contribution in [0.25, 0.3) is 0 Å². The first-order chi connectivity index (χ1) is 8.11. The molecular formula is C14H20FNO. The second kappa shape index (κ2) is 5.05. The summed E-state index contributed by atoms with van der Waals surface area (Å²) in [6.45, 7) is 5.16. The monoisotopic (exact) mass is 237 g/mol. The molecule has 1 heterocycles. The van der Waals surface area contributed by atoms with Gasteiger partial charge in [0.05, 0.1) is 12.3 Å². The molecule has 1 saturated heterocycles. The molecule has 0 bridgehead atoms. The molecule has 0 saturated carbocycles. The van der Waals surface area contributed by atoms with Gasteiger partial charge in [-0.3, -0.25) is 0 Å². The zero-order valence-corrected chi connectivity index (χ0v) is 10.5. The van der Waals surface area contributed by atoms with Crippen molar-refractivity contribution < 1.29 is 9.50 Å². The van der Waals surface area contributed by atoms with Gasteiger partial charge >= 0.3 is 0 Å². The number of aliphatic hydroxyl groups excluding tert-OH is 1. The molecule has 0 amide bonds. The maximum atomic E-state index is 14.0. The van der Waals surface area contributed by atoms with Crippen LogP contribution in [0.2, 0.25) is 0 Å². The van der Waals surface area contributed by atoms with Crippen molar-refractivity contribution in [3.8, 4) is 0 Å². The SMILES string of the molecule is CC1CCC(C)N(c2ccc(CO)cc2F)C1. The fourth-order valence-electron chi connectivity index (χ4n) is 2.51. The van der Waals surface area contributed by atoms with Crippen molar-refractivity contribution in [3.63, 3.8) is 0 Å². The molecule has 17 heavy (non-hydrogen) atoms. The van der Waals surface area contributed by atoms with Gasteiger partial charge in [-0.2, -0.15) is 0 Å². The van der Waals surface area contributed by atoms with Gasteiger partial charge in [0.25, 0.3) is 0 Å². The van der Waals surface area contributed by atoms with Gasteiger partial charge in [0.1, 0.15) is 5.82 Å². The molecule has 1 aromatic carbocycles. The Hall–Kier alpha value is -1.09. The van der Waals surface area contributed by atoms with Gasteiger partial charge in [-0.15, -0.1) is 0 Å². The second-order valence-corrected chi connectivity index (χ2v) is 5.13. The van der Waals surface area contributed by atoms with Crippen LogP contribution in [0.3, 0.4) is 0 Å². The summed E-state index contributed by atoms with van der Waals surface area (Å²) in [5, 5.41) is 8.98. The van der Waals surface area contributed by atoms with E-state index in [1.165, 1.54) is 12.5 Å².